The van der Waals surface area contributed by atoms with Crippen LogP contribution >= 0.6 is 11.3 Å². The van der Waals surface area contributed by atoms with E-state index in [1.54, 1.807) is 12.1 Å². The summed E-state index contributed by atoms with van der Waals surface area (Å²) in [6.07, 6.45) is 0. The smallest absolute Gasteiger partial charge is 0.872 e. The van der Waals surface area contributed by atoms with Crippen molar-refractivity contribution in [2.45, 2.75) is 6.92 Å². The molecule has 0 radical (unpaired) electrons. The van der Waals surface area contributed by atoms with Gasteiger partial charge < -0.3 is 5.11 Å². The first-order valence-corrected chi connectivity index (χ1v) is 7.87. The van der Waals surface area contributed by atoms with Gasteiger partial charge in [-0.05, 0) is 19.1 Å². The van der Waals surface area contributed by atoms with Gasteiger partial charge in [0.05, 0.1) is 16.7 Å². The van der Waals surface area contributed by atoms with E-state index in [2.05, 4.69) is 20.2 Å². The Hall–Kier alpha value is -1.86. The number of aromatic nitrogens is 4. The van der Waals surface area contributed by atoms with Crippen LogP contribution in [-0.2, 0) is 0 Å². The molecule has 0 bridgehead atoms. The third-order valence-electron chi connectivity index (χ3n) is 3.47. The molecule has 0 saturated carbocycles. The van der Waals surface area contributed by atoms with Gasteiger partial charge in [-0.1, -0.05) is 47.7 Å². The zero-order valence-corrected chi connectivity index (χ0v) is 16.0. The number of benzene rings is 2. The Morgan fingerprint density at radius 3 is 2.17 bits per heavy atom. The van der Waals surface area contributed by atoms with Gasteiger partial charge in [0.25, 0.3) is 0 Å². The van der Waals surface area contributed by atoms with Crippen LogP contribution in [0.4, 0.5) is 0 Å². The number of aryl methyl sites for hydroxylation is 1. The molecule has 4 aromatic rings. The zero-order valence-electron chi connectivity index (χ0n) is 13.2. The summed E-state index contributed by atoms with van der Waals surface area (Å²) in [5.74, 6) is -0.0188. The molecule has 0 spiro atoms. The molecular weight excluding hydrogens is 331 g/mol. The summed E-state index contributed by atoms with van der Waals surface area (Å²) < 4.78 is 0. The molecule has 0 aliphatic rings. The molecule has 7 heteroatoms. The first-order valence-electron chi connectivity index (χ1n) is 7.05. The van der Waals surface area contributed by atoms with Gasteiger partial charge in [-0.15, -0.1) is 15.9 Å². The van der Waals surface area contributed by atoms with Gasteiger partial charge in [0, 0.05) is 5.56 Å². The Morgan fingerprint density at radius 1 is 0.833 bits per heavy atom. The summed E-state index contributed by atoms with van der Waals surface area (Å²) in [6, 6.07) is 14.3. The molecule has 0 amide bonds. The average molecular weight is 342 g/mol. The second-order valence-corrected chi connectivity index (χ2v) is 6.06. The number of fused-ring (bicyclic) bond motifs is 1. The van der Waals surface area contributed by atoms with Gasteiger partial charge in [0.1, 0.15) is 10.7 Å². The first-order chi connectivity index (χ1) is 11.2. The number of rotatable bonds is 2. The Morgan fingerprint density at radius 2 is 1.46 bits per heavy atom. The van der Waals surface area contributed by atoms with E-state index < -0.39 is 0 Å². The molecule has 0 atom stereocenters. The van der Waals surface area contributed by atoms with Crippen molar-refractivity contribution in [1.82, 2.24) is 20.2 Å². The van der Waals surface area contributed by atoms with Gasteiger partial charge in [-0.2, -0.15) is 0 Å². The summed E-state index contributed by atoms with van der Waals surface area (Å²) in [7, 11) is 0. The van der Waals surface area contributed by atoms with E-state index in [1.165, 1.54) is 23.5 Å². The van der Waals surface area contributed by atoms with Crippen LogP contribution in [0.3, 0.4) is 0 Å². The summed E-state index contributed by atoms with van der Waals surface area (Å²) in [4.78, 5) is 9.24. The van der Waals surface area contributed by atoms with Crippen LogP contribution in [0.1, 0.15) is 5.69 Å². The third-order valence-corrected chi connectivity index (χ3v) is 4.45. The summed E-state index contributed by atoms with van der Waals surface area (Å²) in [5.41, 5.74) is 4.14. The molecule has 4 rings (SSSR count). The molecule has 2 aromatic carbocycles. The monoisotopic (exact) mass is 342 g/mol. The van der Waals surface area contributed by atoms with Crippen molar-refractivity contribution in [3.8, 4) is 27.0 Å². The van der Waals surface area contributed by atoms with E-state index in [1.807, 2.05) is 31.2 Å². The van der Waals surface area contributed by atoms with Gasteiger partial charge in [-0.3, -0.25) is 0 Å². The molecule has 2 aromatic heterocycles. The first kappa shape index (κ1) is 17.0. The maximum absolute atomic E-state index is 11.2. The van der Waals surface area contributed by atoms with Crippen LogP contribution < -0.4 is 34.7 Å². The fourth-order valence-electron chi connectivity index (χ4n) is 2.32. The van der Waals surface area contributed by atoms with Crippen LogP contribution in [0, 0.1) is 6.92 Å². The van der Waals surface area contributed by atoms with Crippen molar-refractivity contribution in [2.24, 2.45) is 0 Å². The topological polar surface area (TPSA) is 74.6 Å². The predicted molar refractivity (Wildman–Crippen MR) is 88.1 cm³/mol. The predicted octanol–water partition coefficient (Wildman–Crippen LogP) is 0.201. The van der Waals surface area contributed by atoms with E-state index in [0.717, 1.165) is 38.0 Å². The van der Waals surface area contributed by atoms with E-state index in [-0.39, 0.29) is 35.3 Å². The zero-order chi connectivity index (χ0) is 15.8. The van der Waals surface area contributed by atoms with Crippen LogP contribution in [0.2, 0.25) is 0 Å². The molecule has 0 fully saturated rings. The number of nitrogens with zero attached hydrogens (tertiary/aromatic N) is 4. The third kappa shape index (κ3) is 3.18. The van der Waals surface area contributed by atoms with Crippen LogP contribution in [0.5, 0.6) is 5.75 Å². The average Bonchev–Trinajstić information content (AvgIpc) is 3.04. The minimum absolute atomic E-state index is 0. The van der Waals surface area contributed by atoms with Crippen molar-refractivity contribution in [3.05, 3.63) is 54.2 Å². The van der Waals surface area contributed by atoms with Crippen LogP contribution in [-0.4, -0.2) is 20.2 Å². The van der Waals surface area contributed by atoms with E-state index in [0.29, 0.717) is 0 Å². The van der Waals surface area contributed by atoms with Gasteiger partial charge in [-0.25, -0.2) is 9.97 Å². The quantitative estimate of drug-likeness (QED) is 0.487. The molecule has 0 N–H and O–H groups in total. The second kappa shape index (κ2) is 6.94. The van der Waals surface area contributed by atoms with E-state index >= 15 is 0 Å². The van der Waals surface area contributed by atoms with Crippen LogP contribution in [0.25, 0.3) is 32.3 Å². The maximum Gasteiger partial charge on any atom is 1.00 e. The normalized spacial score (nSPS) is 10.5. The summed E-state index contributed by atoms with van der Waals surface area (Å²) in [5, 5.41) is 21.1. The number of hydrogen-bond donors (Lipinski definition) is 0. The van der Waals surface area contributed by atoms with E-state index in [9.17, 15) is 5.11 Å². The van der Waals surface area contributed by atoms with Crippen molar-refractivity contribution in [3.63, 3.8) is 0 Å². The van der Waals surface area contributed by atoms with E-state index in [4.69, 9.17) is 0 Å². The molecule has 0 aliphatic heterocycles. The summed E-state index contributed by atoms with van der Waals surface area (Å²) in [6.45, 7) is 1.92. The molecule has 0 aliphatic carbocycles. The van der Waals surface area contributed by atoms with Crippen molar-refractivity contribution >= 4 is 22.4 Å². The van der Waals surface area contributed by atoms with Crippen molar-refractivity contribution in [1.29, 1.82) is 0 Å². The molecule has 0 saturated heterocycles. The Balaban J connectivity index is 0.00000169. The fraction of sp³-hybridized carbons (Fsp3) is 0.0588. The number of para-hydroxylation sites is 2. The van der Waals surface area contributed by atoms with Gasteiger partial charge in [0.2, 0.25) is 0 Å². The molecule has 2 heterocycles. The number of hydrogen-bond acceptors (Lipinski definition) is 6. The molecule has 0 unspecified atom stereocenters. The Kier molecular flexibility index (Phi) is 4.91. The largest absolute Gasteiger partial charge is 1.00 e. The minimum Gasteiger partial charge on any atom is -0.872 e. The molecule has 24 heavy (non-hydrogen) atoms. The van der Waals surface area contributed by atoms with Gasteiger partial charge in [0.15, 0.2) is 5.01 Å². The second-order valence-electron chi connectivity index (χ2n) is 5.08. The standard InChI is InChI=1S/C17H12N4OS.Na/c1-10-15(19-14-5-3-2-4-13(14)18-10)17-21-20-16(23-17)11-6-8-12(22)9-7-11;/h2-9,22H,1H3;/q;+1/p-1. The Bertz CT molecular complexity index is 1000. The minimum atomic E-state index is -0.0188. The summed E-state index contributed by atoms with van der Waals surface area (Å²) >= 11 is 1.44. The van der Waals surface area contributed by atoms with Crippen molar-refractivity contribution < 1.29 is 34.7 Å². The van der Waals surface area contributed by atoms with Crippen LogP contribution in [0.15, 0.2) is 48.5 Å². The van der Waals surface area contributed by atoms with Gasteiger partial charge >= 0.3 is 29.6 Å². The molecule has 112 valence electrons. The van der Waals surface area contributed by atoms with Crippen molar-refractivity contribution in [2.75, 3.05) is 0 Å². The molecule has 5 nitrogen and oxygen atoms in total. The SMILES string of the molecule is Cc1nc2ccccc2nc1-c1nnc(-c2ccc([O-])cc2)s1.[Na+]. The molecular formula is C17H11N4NaOS. The maximum atomic E-state index is 11.2. The Labute approximate surface area is 164 Å². The fourth-order valence-corrected chi connectivity index (χ4v) is 3.21.